The van der Waals surface area contributed by atoms with Crippen molar-refractivity contribution in [1.82, 2.24) is 20.4 Å². The fourth-order valence-corrected chi connectivity index (χ4v) is 4.10. The maximum absolute atomic E-state index is 12.4. The van der Waals surface area contributed by atoms with Crippen LogP contribution in [0.4, 0.5) is 5.82 Å². The molecule has 1 saturated heterocycles. The number of carbonyl (C=O) groups is 1. The van der Waals surface area contributed by atoms with Gasteiger partial charge in [0.1, 0.15) is 0 Å². The zero-order chi connectivity index (χ0) is 19.5. The van der Waals surface area contributed by atoms with Crippen molar-refractivity contribution in [2.24, 2.45) is 5.92 Å². The van der Waals surface area contributed by atoms with Crippen LogP contribution in [0.3, 0.4) is 0 Å². The second kappa shape index (κ2) is 8.27. The van der Waals surface area contributed by atoms with E-state index in [2.05, 4.69) is 69.5 Å². The van der Waals surface area contributed by atoms with E-state index in [0.29, 0.717) is 24.2 Å². The summed E-state index contributed by atoms with van der Waals surface area (Å²) < 4.78 is 0. The van der Waals surface area contributed by atoms with Crippen molar-refractivity contribution in [2.75, 3.05) is 31.1 Å². The SMILES string of the molecule is CC(C)CCNC(=O)c1cc2c(nn1)N1CCN(Cc3ccccc3)CC1C2. The number of hydrogen-bond donors (Lipinski definition) is 1. The number of benzene rings is 1. The quantitative estimate of drug-likeness (QED) is 0.836. The largest absolute Gasteiger partial charge is 0.351 e. The molecule has 2 aromatic rings. The Morgan fingerprint density at radius 1 is 1.21 bits per heavy atom. The summed E-state index contributed by atoms with van der Waals surface area (Å²) in [4.78, 5) is 17.2. The Hall–Kier alpha value is -2.47. The van der Waals surface area contributed by atoms with Gasteiger partial charge in [-0.2, -0.15) is 0 Å². The molecule has 28 heavy (non-hydrogen) atoms. The second-order valence-electron chi connectivity index (χ2n) is 8.29. The highest BCUT2D eigenvalue weighted by Gasteiger charge is 2.36. The molecule has 4 rings (SSSR count). The maximum Gasteiger partial charge on any atom is 0.271 e. The molecular formula is C22H29N5O. The molecule has 6 heteroatoms. The topological polar surface area (TPSA) is 61.4 Å². The highest BCUT2D eigenvalue weighted by molar-refractivity contribution is 5.92. The van der Waals surface area contributed by atoms with Crippen molar-refractivity contribution in [3.05, 3.63) is 53.2 Å². The summed E-state index contributed by atoms with van der Waals surface area (Å²) in [6, 6.07) is 13.0. The Morgan fingerprint density at radius 2 is 2.04 bits per heavy atom. The van der Waals surface area contributed by atoms with E-state index in [-0.39, 0.29) is 5.91 Å². The minimum atomic E-state index is -0.119. The van der Waals surface area contributed by atoms with Crippen LogP contribution in [-0.2, 0) is 13.0 Å². The van der Waals surface area contributed by atoms with Gasteiger partial charge in [-0.05, 0) is 30.4 Å². The van der Waals surface area contributed by atoms with Crippen molar-refractivity contribution in [1.29, 1.82) is 0 Å². The molecule has 1 atom stereocenters. The van der Waals surface area contributed by atoms with Crippen LogP contribution in [0.2, 0.25) is 0 Å². The lowest BCUT2D eigenvalue weighted by atomic mass is 10.1. The summed E-state index contributed by atoms with van der Waals surface area (Å²) in [7, 11) is 0. The summed E-state index contributed by atoms with van der Waals surface area (Å²) >= 11 is 0. The van der Waals surface area contributed by atoms with Crippen molar-refractivity contribution in [3.63, 3.8) is 0 Å². The highest BCUT2D eigenvalue weighted by Crippen LogP contribution is 2.32. The van der Waals surface area contributed by atoms with Gasteiger partial charge in [0.25, 0.3) is 5.91 Å². The minimum absolute atomic E-state index is 0.119. The van der Waals surface area contributed by atoms with Gasteiger partial charge in [0.2, 0.25) is 0 Å². The first-order chi connectivity index (χ1) is 13.6. The number of amides is 1. The van der Waals surface area contributed by atoms with Crippen LogP contribution < -0.4 is 10.2 Å². The Kier molecular flexibility index (Phi) is 5.57. The number of nitrogens with one attached hydrogen (secondary N) is 1. The number of anilines is 1. The monoisotopic (exact) mass is 379 g/mol. The Morgan fingerprint density at radius 3 is 2.82 bits per heavy atom. The molecule has 148 valence electrons. The van der Waals surface area contributed by atoms with Gasteiger partial charge in [-0.3, -0.25) is 9.69 Å². The summed E-state index contributed by atoms with van der Waals surface area (Å²) in [5, 5.41) is 11.6. The van der Waals surface area contributed by atoms with Gasteiger partial charge in [0.05, 0.1) is 0 Å². The van der Waals surface area contributed by atoms with Gasteiger partial charge in [0.15, 0.2) is 11.5 Å². The second-order valence-corrected chi connectivity index (χ2v) is 8.29. The fourth-order valence-electron chi connectivity index (χ4n) is 4.10. The van der Waals surface area contributed by atoms with Crippen molar-refractivity contribution < 1.29 is 4.79 Å². The van der Waals surface area contributed by atoms with Crippen LogP contribution >= 0.6 is 0 Å². The maximum atomic E-state index is 12.4. The van der Waals surface area contributed by atoms with Crippen LogP contribution in [0.15, 0.2) is 36.4 Å². The molecule has 0 spiro atoms. The number of nitrogens with zero attached hydrogens (tertiary/aromatic N) is 4. The van der Waals surface area contributed by atoms with Gasteiger partial charge in [-0.15, -0.1) is 10.2 Å². The molecule has 1 amide bonds. The van der Waals surface area contributed by atoms with Gasteiger partial charge in [-0.1, -0.05) is 44.2 Å². The smallest absolute Gasteiger partial charge is 0.271 e. The molecule has 1 N–H and O–H groups in total. The molecule has 0 aliphatic carbocycles. The number of fused-ring (bicyclic) bond motifs is 3. The molecule has 0 saturated carbocycles. The van der Waals surface area contributed by atoms with E-state index < -0.39 is 0 Å². The molecule has 2 aliphatic heterocycles. The van der Waals surface area contributed by atoms with Crippen LogP contribution in [-0.4, -0.2) is 53.2 Å². The molecule has 1 unspecified atom stereocenters. The molecular weight excluding hydrogens is 350 g/mol. The molecule has 0 radical (unpaired) electrons. The summed E-state index contributed by atoms with van der Waals surface area (Å²) in [5.74, 6) is 1.41. The van der Waals surface area contributed by atoms with E-state index in [9.17, 15) is 4.79 Å². The number of carbonyl (C=O) groups excluding carboxylic acids is 1. The average Bonchev–Trinajstić information content (AvgIpc) is 3.05. The molecule has 1 aromatic heterocycles. The molecule has 2 aliphatic rings. The summed E-state index contributed by atoms with van der Waals surface area (Å²) in [6.07, 6.45) is 1.90. The first-order valence-electron chi connectivity index (χ1n) is 10.3. The predicted octanol–water partition coefficient (Wildman–Crippen LogP) is 2.50. The van der Waals surface area contributed by atoms with Crippen LogP contribution in [0.25, 0.3) is 0 Å². The summed E-state index contributed by atoms with van der Waals surface area (Å²) in [6.45, 7) is 8.96. The van der Waals surface area contributed by atoms with Crippen LogP contribution in [0.5, 0.6) is 0 Å². The molecule has 3 heterocycles. The molecule has 1 fully saturated rings. The Labute approximate surface area is 166 Å². The average molecular weight is 380 g/mol. The number of rotatable bonds is 6. The highest BCUT2D eigenvalue weighted by atomic mass is 16.1. The van der Waals surface area contributed by atoms with E-state index >= 15 is 0 Å². The molecule has 1 aromatic carbocycles. The zero-order valence-corrected chi connectivity index (χ0v) is 16.8. The van der Waals surface area contributed by atoms with Gasteiger partial charge < -0.3 is 10.2 Å². The summed E-state index contributed by atoms with van der Waals surface area (Å²) in [5.41, 5.74) is 2.94. The lowest BCUT2D eigenvalue weighted by molar-refractivity contribution is 0.0946. The van der Waals surface area contributed by atoms with E-state index in [1.165, 1.54) is 5.56 Å². The Bertz CT molecular complexity index is 823. The van der Waals surface area contributed by atoms with Crippen molar-refractivity contribution in [2.45, 2.75) is 39.3 Å². The van der Waals surface area contributed by atoms with E-state index in [0.717, 1.165) is 50.4 Å². The molecule has 0 bridgehead atoms. The first kappa shape index (κ1) is 18.9. The van der Waals surface area contributed by atoms with Gasteiger partial charge >= 0.3 is 0 Å². The van der Waals surface area contributed by atoms with Crippen LogP contribution in [0, 0.1) is 5.92 Å². The molecule has 6 nitrogen and oxygen atoms in total. The fraction of sp³-hybridized carbons (Fsp3) is 0.500. The van der Waals surface area contributed by atoms with Gasteiger partial charge in [0, 0.05) is 44.3 Å². The van der Waals surface area contributed by atoms with Crippen molar-refractivity contribution in [3.8, 4) is 0 Å². The van der Waals surface area contributed by atoms with E-state index in [1.54, 1.807) is 0 Å². The standard InChI is InChI=1S/C22H29N5O/c1-16(2)8-9-23-22(28)20-13-18-12-19-15-26(14-17-6-4-3-5-7-17)10-11-27(19)21(18)25-24-20/h3-7,13,16,19H,8-12,14-15H2,1-2H3,(H,23,28). The third kappa shape index (κ3) is 4.17. The van der Waals surface area contributed by atoms with E-state index in [1.807, 2.05) is 6.07 Å². The number of piperazine rings is 1. The first-order valence-corrected chi connectivity index (χ1v) is 10.3. The Balaban J connectivity index is 1.38. The predicted molar refractivity (Wildman–Crippen MR) is 110 cm³/mol. The third-order valence-electron chi connectivity index (χ3n) is 5.63. The van der Waals surface area contributed by atoms with Gasteiger partial charge in [-0.25, -0.2) is 0 Å². The lowest BCUT2D eigenvalue weighted by Crippen LogP contribution is -2.51. The number of aromatic nitrogens is 2. The number of hydrogen-bond acceptors (Lipinski definition) is 5. The third-order valence-corrected chi connectivity index (χ3v) is 5.63. The minimum Gasteiger partial charge on any atom is -0.351 e. The zero-order valence-electron chi connectivity index (χ0n) is 16.8. The van der Waals surface area contributed by atoms with Crippen molar-refractivity contribution >= 4 is 11.7 Å². The van der Waals surface area contributed by atoms with Crippen LogP contribution in [0.1, 0.15) is 41.9 Å². The van der Waals surface area contributed by atoms with E-state index in [4.69, 9.17) is 0 Å². The lowest BCUT2D eigenvalue weighted by Gasteiger charge is -2.38. The normalized spacial score (nSPS) is 18.8.